The third kappa shape index (κ3) is 4.67. The highest BCUT2D eigenvalue weighted by Gasteiger charge is 2.33. The highest BCUT2D eigenvalue weighted by atomic mass is 35.5. The first-order valence-electron chi connectivity index (χ1n) is 9.11. The van der Waals surface area contributed by atoms with Gasteiger partial charge in [-0.25, -0.2) is 9.97 Å². The first-order chi connectivity index (χ1) is 14.7. The lowest BCUT2D eigenvalue weighted by Crippen LogP contribution is -2.35. The van der Waals surface area contributed by atoms with Crippen LogP contribution in [0.1, 0.15) is 47.2 Å². The maximum atomic E-state index is 13.1. The average Bonchev–Trinajstić information content (AvgIpc) is 3.23. The van der Waals surface area contributed by atoms with Crippen molar-refractivity contribution in [2.75, 3.05) is 6.54 Å². The van der Waals surface area contributed by atoms with Crippen molar-refractivity contribution in [2.45, 2.75) is 26.1 Å². The number of halogens is 4. The number of hydrogen-bond acceptors (Lipinski definition) is 5. The Morgan fingerprint density at radius 2 is 2.03 bits per heavy atom. The summed E-state index contributed by atoms with van der Waals surface area (Å²) in [6.45, 7) is 3.58. The lowest BCUT2D eigenvalue weighted by Gasteiger charge is -2.28. The van der Waals surface area contributed by atoms with Crippen molar-refractivity contribution in [1.82, 2.24) is 24.6 Å². The molecule has 0 spiro atoms. The Labute approximate surface area is 180 Å². The summed E-state index contributed by atoms with van der Waals surface area (Å²) in [5, 5.41) is 12.9. The molecule has 1 aromatic carbocycles. The number of aromatic nitrogens is 4. The number of benzene rings is 1. The molecule has 0 N–H and O–H groups in total. The number of alkyl halides is 3. The third-order valence-electron chi connectivity index (χ3n) is 4.58. The van der Waals surface area contributed by atoms with E-state index in [-0.39, 0.29) is 17.1 Å². The zero-order valence-corrected chi connectivity index (χ0v) is 17.2. The number of rotatable bonds is 5. The maximum absolute atomic E-state index is 13.1. The number of hydrogen-bond donors (Lipinski definition) is 0. The molecular weight excluding hydrogens is 433 g/mol. The van der Waals surface area contributed by atoms with Crippen LogP contribution in [-0.2, 0) is 6.18 Å². The molecule has 3 aromatic rings. The third-order valence-corrected chi connectivity index (χ3v) is 4.80. The summed E-state index contributed by atoms with van der Waals surface area (Å²) < 4.78 is 40.8. The van der Waals surface area contributed by atoms with Crippen LogP contribution in [0.2, 0.25) is 5.02 Å². The summed E-state index contributed by atoms with van der Waals surface area (Å²) in [6.07, 6.45) is -1.98. The number of nitrogens with zero attached hydrogens (tertiary/aromatic N) is 6. The topological polar surface area (TPSA) is 87.7 Å². The second-order valence-corrected chi connectivity index (χ2v) is 6.98. The van der Waals surface area contributed by atoms with E-state index in [9.17, 15) is 18.0 Å². The number of carbonyl (C=O) groups is 1. The molecule has 7 nitrogen and oxygen atoms in total. The molecule has 0 bridgehead atoms. The lowest BCUT2D eigenvalue weighted by atomic mass is 10.1. The van der Waals surface area contributed by atoms with Crippen LogP contribution in [0, 0.1) is 11.3 Å². The Bertz CT molecular complexity index is 1140. The van der Waals surface area contributed by atoms with Crippen LogP contribution in [-0.4, -0.2) is 37.1 Å². The fourth-order valence-electron chi connectivity index (χ4n) is 3.06. The van der Waals surface area contributed by atoms with Gasteiger partial charge < -0.3 is 4.90 Å². The van der Waals surface area contributed by atoms with Crippen molar-refractivity contribution >= 4 is 17.5 Å². The van der Waals surface area contributed by atoms with E-state index in [1.165, 1.54) is 28.2 Å². The smallest absolute Gasteiger partial charge is 0.329 e. The van der Waals surface area contributed by atoms with Crippen LogP contribution in [0.25, 0.3) is 5.82 Å². The van der Waals surface area contributed by atoms with Crippen molar-refractivity contribution in [3.05, 3.63) is 70.4 Å². The average molecular weight is 449 g/mol. The van der Waals surface area contributed by atoms with Crippen LogP contribution in [0.15, 0.2) is 42.9 Å². The normalized spacial score (nSPS) is 12.3. The molecule has 31 heavy (non-hydrogen) atoms. The molecule has 2 aromatic heterocycles. The number of carbonyl (C=O) groups excluding carboxylic acids is 1. The monoisotopic (exact) mass is 448 g/mol. The van der Waals surface area contributed by atoms with Crippen LogP contribution < -0.4 is 0 Å². The lowest BCUT2D eigenvalue weighted by molar-refractivity contribution is -0.137. The van der Waals surface area contributed by atoms with Gasteiger partial charge in [0.05, 0.1) is 17.2 Å². The van der Waals surface area contributed by atoms with Crippen molar-refractivity contribution in [1.29, 1.82) is 5.26 Å². The molecule has 0 aliphatic rings. The van der Waals surface area contributed by atoms with Crippen molar-refractivity contribution in [3.63, 3.8) is 0 Å². The van der Waals surface area contributed by atoms with E-state index >= 15 is 0 Å². The van der Waals surface area contributed by atoms with Crippen molar-refractivity contribution in [3.8, 4) is 11.9 Å². The second kappa shape index (κ2) is 8.73. The highest BCUT2D eigenvalue weighted by molar-refractivity contribution is 6.31. The molecule has 160 valence electrons. The van der Waals surface area contributed by atoms with Crippen molar-refractivity contribution in [2.24, 2.45) is 0 Å². The summed E-state index contributed by atoms with van der Waals surface area (Å²) in [5.74, 6) is 0.0970. The van der Waals surface area contributed by atoms with Gasteiger partial charge >= 0.3 is 6.18 Å². The molecule has 0 saturated heterocycles. The largest absolute Gasteiger partial charge is 0.416 e. The minimum Gasteiger partial charge on any atom is -0.329 e. The zero-order valence-electron chi connectivity index (χ0n) is 16.4. The molecule has 0 aliphatic carbocycles. The molecule has 3 rings (SSSR count). The first kappa shape index (κ1) is 22.2. The SMILES string of the molecule is CCN(C(=O)c1cc(Cl)cc(C(F)(F)F)c1)C(C)c1ncnn1-c1ccc(C#N)cn1. The van der Waals surface area contributed by atoms with E-state index < -0.39 is 23.7 Å². The van der Waals surface area contributed by atoms with Gasteiger partial charge in [0, 0.05) is 23.3 Å². The molecule has 0 fully saturated rings. The van der Waals surface area contributed by atoms with E-state index in [0.717, 1.165) is 12.1 Å². The number of amides is 1. The predicted molar refractivity (Wildman–Crippen MR) is 105 cm³/mol. The molecule has 1 atom stereocenters. The number of pyridine rings is 1. The summed E-state index contributed by atoms with van der Waals surface area (Å²) in [5.41, 5.74) is -0.821. The molecule has 2 heterocycles. The van der Waals surface area contributed by atoms with Crippen LogP contribution in [0.5, 0.6) is 0 Å². The van der Waals surface area contributed by atoms with E-state index in [1.807, 2.05) is 6.07 Å². The Balaban J connectivity index is 1.95. The van der Waals surface area contributed by atoms with Gasteiger partial charge in [-0.3, -0.25) is 4.79 Å². The highest BCUT2D eigenvalue weighted by Crippen LogP contribution is 2.33. The number of nitriles is 1. The quantitative estimate of drug-likeness (QED) is 0.576. The van der Waals surface area contributed by atoms with E-state index in [0.29, 0.717) is 17.2 Å². The first-order valence-corrected chi connectivity index (χ1v) is 9.48. The zero-order chi connectivity index (χ0) is 22.8. The Morgan fingerprint density at radius 3 is 2.61 bits per heavy atom. The van der Waals surface area contributed by atoms with Gasteiger partial charge in [0.2, 0.25) is 0 Å². The Hall–Kier alpha value is -3.45. The van der Waals surface area contributed by atoms with Crippen molar-refractivity contribution < 1.29 is 18.0 Å². The van der Waals surface area contributed by atoms with Gasteiger partial charge in [0.1, 0.15) is 12.4 Å². The predicted octanol–water partition coefficient (Wildman–Crippen LogP) is 4.43. The summed E-state index contributed by atoms with van der Waals surface area (Å²) >= 11 is 5.83. The summed E-state index contributed by atoms with van der Waals surface area (Å²) in [7, 11) is 0. The summed E-state index contributed by atoms with van der Waals surface area (Å²) in [4.78, 5) is 22.8. The molecule has 1 unspecified atom stereocenters. The molecule has 1 amide bonds. The maximum Gasteiger partial charge on any atom is 0.416 e. The second-order valence-electron chi connectivity index (χ2n) is 6.54. The van der Waals surface area contributed by atoms with E-state index in [1.54, 1.807) is 26.0 Å². The van der Waals surface area contributed by atoms with E-state index in [4.69, 9.17) is 16.9 Å². The molecule has 0 saturated carbocycles. The van der Waals surface area contributed by atoms with Gasteiger partial charge in [-0.15, -0.1) is 0 Å². The Morgan fingerprint density at radius 1 is 1.29 bits per heavy atom. The fourth-order valence-corrected chi connectivity index (χ4v) is 3.30. The fraction of sp³-hybridized carbons (Fsp3) is 0.250. The molecular formula is C20H16ClF3N6O. The van der Waals surface area contributed by atoms with Gasteiger partial charge in [0.25, 0.3) is 5.91 Å². The van der Waals surface area contributed by atoms with E-state index in [2.05, 4.69) is 15.1 Å². The van der Waals surface area contributed by atoms with Crippen LogP contribution in [0.4, 0.5) is 13.2 Å². The van der Waals surface area contributed by atoms with Gasteiger partial charge in [-0.05, 0) is 44.2 Å². The molecule has 0 radical (unpaired) electrons. The minimum atomic E-state index is -4.63. The van der Waals surface area contributed by atoms with Gasteiger partial charge in [-0.2, -0.15) is 28.2 Å². The standard InChI is InChI=1S/C20H16ClF3N6O/c1-3-29(19(31)14-6-15(20(22,23)24)8-16(21)7-14)12(2)18-27-11-28-30(18)17-5-4-13(9-25)10-26-17/h4-8,10-12H,3H2,1-2H3. The summed E-state index contributed by atoms with van der Waals surface area (Å²) in [6, 6.07) is 7.20. The van der Waals surface area contributed by atoms with Gasteiger partial charge in [0.15, 0.2) is 11.6 Å². The minimum absolute atomic E-state index is 0.184. The molecule has 11 heteroatoms. The van der Waals surface area contributed by atoms with Crippen LogP contribution in [0.3, 0.4) is 0 Å². The van der Waals surface area contributed by atoms with Gasteiger partial charge in [-0.1, -0.05) is 11.6 Å². The Kier molecular flexibility index (Phi) is 6.27. The molecule has 0 aliphatic heterocycles. The van der Waals surface area contributed by atoms with Crippen LogP contribution >= 0.6 is 11.6 Å².